The first kappa shape index (κ1) is 18.7. The predicted molar refractivity (Wildman–Crippen MR) is 105 cm³/mol. The van der Waals surface area contributed by atoms with Crippen LogP contribution in [-0.4, -0.2) is 41.6 Å². The van der Waals surface area contributed by atoms with Crippen molar-refractivity contribution in [3.63, 3.8) is 0 Å². The van der Waals surface area contributed by atoms with Crippen LogP contribution < -0.4 is 14.5 Å². The minimum absolute atomic E-state index is 0.0907. The number of benzene rings is 1. The SMILES string of the molecule is CCN1CC(=O)N(CC)c2cnc(CC3CC(Oc4ccc(F)cc4)C3)nc21. The third kappa shape index (κ3) is 3.66. The monoisotopic (exact) mass is 384 g/mol. The summed E-state index contributed by atoms with van der Waals surface area (Å²) in [6.45, 7) is 5.72. The maximum atomic E-state index is 13.0. The fourth-order valence-corrected chi connectivity index (χ4v) is 3.89. The summed E-state index contributed by atoms with van der Waals surface area (Å²) < 4.78 is 18.9. The van der Waals surface area contributed by atoms with Gasteiger partial charge in [-0.25, -0.2) is 14.4 Å². The molecular weight excluding hydrogens is 359 g/mol. The van der Waals surface area contributed by atoms with E-state index in [4.69, 9.17) is 9.72 Å². The summed E-state index contributed by atoms with van der Waals surface area (Å²) >= 11 is 0. The molecule has 28 heavy (non-hydrogen) atoms. The number of hydrogen-bond acceptors (Lipinski definition) is 5. The Hall–Kier alpha value is -2.70. The molecule has 0 bridgehead atoms. The molecule has 1 aliphatic heterocycles. The number of aromatic nitrogens is 2. The first-order chi connectivity index (χ1) is 13.6. The van der Waals surface area contributed by atoms with Crippen molar-refractivity contribution >= 4 is 17.4 Å². The van der Waals surface area contributed by atoms with Crippen LogP contribution in [0, 0.1) is 11.7 Å². The number of likely N-dealkylation sites (N-methyl/N-ethyl adjacent to an activating group) is 2. The molecule has 1 saturated carbocycles. The number of carbonyl (C=O) groups is 1. The van der Waals surface area contributed by atoms with E-state index in [9.17, 15) is 9.18 Å². The lowest BCUT2D eigenvalue weighted by Crippen LogP contribution is -2.46. The van der Waals surface area contributed by atoms with E-state index in [1.54, 1.807) is 23.2 Å². The van der Waals surface area contributed by atoms with Gasteiger partial charge in [0.25, 0.3) is 0 Å². The first-order valence-electron chi connectivity index (χ1n) is 9.90. The quantitative estimate of drug-likeness (QED) is 0.765. The molecule has 2 aromatic rings. The van der Waals surface area contributed by atoms with E-state index < -0.39 is 0 Å². The molecule has 1 aromatic heterocycles. The Bertz CT molecular complexity index is 852. The van der Waals surface area contributed by atoms with Crippen LogP contribution in [0.25, 0.3) is 0 Å². The summed E-state index contributed by atoms with van der Waals surface area (Å²) in [5, 5.41) is 0. The summed E-state index contributed by atoms with van der Waals surface area (Å²) in [5.74, 6) is 2.69. The highest BCUT2D eigenvalue weighted by Gasteiger charge is 2.33. The molecule has 2 heterocycles. The molecule has 148 valence electrons. The second-order valence-corrected chi connectivity index (χ2v) is 7.38. The van der Waals surface area contributed by atoms with Gasteiger partial charge in [-0.05, 0) is 56.9 Å². The van der Waals surface area contributed by atoms with Crippen molar-refractivity contribution < 1.29 is 13.9 Å². The van der Waals surface area contributed by atoms with Crippen molar-refractivity contribution in [1.82, 2.24) is 9.97 Å². The molecule has 0 atom stereocenters. The van der Waals surface area contributed by atoms with Gasteiger partial charge in [0, 0.05) is 19.5 Å². The van der Waals surface area contributed by atoms with E-state index in [0.29, 0.717) is 24.8 Å². The number of fused-ring (bicyclic) bond motifs is 1. The number of nitrogens with zero attached hydrogens (tertiary/aromatic N) is 4. The molecule has 0 N–H and O–H groups in total. The Morgan fingerprint density at radius 2 is 1.93 bits per heavy atom. The van der Waals surface area contributed by atoms with Gasteiger partial charge < -0.3 is 14.5 Å². The molecule has 7 heteroatoms. The van der Waals surface area contributed by atoms with Crippen LogP contribution in [-0.2, 0) is 11.2 Å². The van der Waals surface area contributed by atoms with E-state index in [0.717, 1.165) is 43.1 Å². The number of amides is 1. The van der Waals surface area contributed by atoms with Gasteiger partial charge in [-0.3, -0.25) is 4.79 Å². The summed E-state index contributed by atoms with van der Waals surface area (Å²) in [7, 11) is 0. The van der Waals surface area contributed by atoms with Crippen LogP contribution in [0.15, 0.2) is 30.5 Å². The number of halogens is 1. The first-order valence-corrected chi connectivity index (χ1v) is 9.90. The van der Waals surface area contributed by atoms with Crippen molar-refractivity contribution in [3.05, 3.63) is 42.1 Å². The lowest BCUT2D eigenvalue weighted by molar-refractivity contribution is -0.117. The highest BCUT2D eigenvalue weighted by Crippen LogP contribution is 2.35. The van der Waals surface area contributed by atoms with Crippen LogP contribution in [0.3, 0.4) is 0 Å². The Morgan fingerprint density at radius 3 is 2.61 bits per heavy atom. The van der Waals surface area contributed by atoms with Gasteiger partial charge >= 0.3 is 0 Å². The maximum Gasteiger partial charge on any atom is 0.246 e. The van der Waals surface area contributed by atoms with Gasteiger partial charge in [0.15, 0.2) is 5.82 Å². The molecule has 1 amide bonds. The number of anilines is 2. The Kier molecular flexibility index (Phi) is 5.15. The lowest BCUT2D eigenvalue weighted by Gasteiger charge is -2.36. The zero-order valence-corrected chi connectivity index (χ0v) is 16.3. The van der Waals surface area contributed by atoms with Gasteiger partial charge in [-0.2, -0.15) is 0 Å². The van der Waals surface area contributed by atoms with E-state index in [1.807, 2.05) is 18.7 Å². The molecule has 0 unspecified atom stereocenters. The number of rotatable bonds is 6. The third-order valence-electron chi connectivity index (χ3n) is 5.50. The minimum Gasteiger partial charge on any atom is -0.490 e. The minimum atomic E-state index is -0.257. The average molecular weight is 384 g/mol. The van der Waals surface area contributed by atoms with Crippen molar-refractivity contribution in [2.24, 2.45) is 5.92 Å². The summed E-state index contributed by atoms with van der Waals surface area (Å²) in [6, 6.07) is 6.15. The second-order valence-electron chi connectivity index (χ2n) is 7.38. The topological polar surface area (TPSA) is 58.6 Å². The van der Waals surface area contributed by atoms with E-state index in [2.05, 4.69) is 4.98 Å². The smallest absolute Gasteiger partial charge is 0.246 e. The zero-order valence-electron chi connectivity index (χ0n) is 16.3. The highest BCUT2D eigenvalue weighted by atomic mass is 19.1. The maximum absolute atomic E-state index is 13.0. The third-order valence-corrected chi connectivity index (χ3v) is 5.50. The van der Waals surface area contributed by atoms with Crippen molar-refractivity contribution in [2.75, 3.05) is 29.4 Å². The van der Waals surface area contributed by atoms with E-state index >= 15 is 0 Å². The Labute approximate surface area is 164 Å². The standard InChI is InChI=1S/C21H25FN4O2/c1-3-25-13-20(27)26(4-2)18-12-23-19(24-21(18)25)11-14-9-17(10-14)28-16-7-5-15(22)6-8-16/h5-8,12,14,17H,3-4,9-11,13H2,1-2H3. The largest absolute Gasteiger partial charge is 0.490 e. The van der Waals surface area contributed by atoms with Gasteiger partial charge in [-0.1, -0.05) is 0 Å². The van der Waals surface area contributed by atoms with Crippen molar-refractivity contribution in [2.45, 2.75) is 39.2 Å². The van der Waals surface area contributed by atoms with Gasteiger partial charge in [0.1, 0.15) is 23.1 Å². The fraction of sp³-hybridized carbons (Fsp3) is 0.476. The van der Waals surface area contributed by atoms with Gasteiger partial charge in [0.2, 0.25) is 5.91 Å². The summed E-state index contributed by atoms with van der Waals surface area (Å²) in [4.78, 5) is 25.3. The van der Waals surface area contributed by atoms with Crippen LogP contribution in [0.4, 0.5) is 15.9 Å². The average Bonchev–Trinajstić information content (AvgIpc) is 2.67. The molecule has 0 spiro atoms. The van der Waals surface area contributed by atoms with Crippen molar-refractivity contribution in [1.29, 1.82) is 0 Å². The number of ether oxygens (including phenoxy) is 1. The van der Waals surface area contributed by atoms with Gasteiger partial charge in [-0.15, -0.1) is 0 Å². The van der Waals surface area contributed by atoms with Crippen molar-refractivity contribution in [3.8, 4) is 5.75 Å². The summed E-state index contributed by atoms with van der Waals surface area (Å²) in [6.07, 6.45) is 4.62. The molecular formula is C21H25FN4O2. The molecule has 4 rings (SSSR count). The van der Waals surface area contributed by atoms with Crippen LogP contribution in [0.2, 0.25) is 0 Å². The fourth-order valence-electron chi connectivity index (χ4n) is 3.89. The molecule has 2 aliphatic rings. The van der Waals surface area contributed by atoms with Crippen LogP contribution >= 0.6 is 0 Å². The predicted octanol–water partition coefficient (Wildman–Crippen LogP) is 3.21. The second kappa shape index (κ2) is 7.73. The van der Waals surface area contributed by atoms with Crippen LogP contribution in [0.5, 0.6) is 5.75 Å². The molecule has 0 saturated heterocycles. The number of hydrogen-bond donors (Lipinski definition) is 0. The Balaban J connectivity index is 1.39. The Morgan fingerprint density at radius 1 is 1.18 bits per heavy atom. The normalized spacial score (nSPS) is 21.3. The molecule has 1 fully saturated rings. The highest BCUT2D eigenvalue weighted by molar-refractivity contribution is 6.02. The van der Waals surface area contributed by atoms with E-state index in [1.165, 1.54) is 12.1 Å². The molecule has 0 radical (unpaired) electrons. The van der Waals surface area contributed by atoms with E-state index in [-0.39, 0.29) is 17.8 Å². The van der Waals surface area contributed by atoms with Gasteiger partial charge in [0.05, 0.1) is 18.8 Å². The molecule has 1 aliphatic carbocycles. The zero-order chi connectivity index (χ0) is 19.7. The lowest BCUT2D eigenvalue weighted by atomic mass is 9.80. The molecule has 1 aromatic carbocycles. The molecule has 6 nitrogen and oxygen atoms in total. The number of carbonyl (C=O) groups excluding carboxylic acids is 1. The van der Waals surface area contributed by atoms with Crippen LogP contribution in [0.1, 0.15) is 32.5 Å². The summed E-state index contributed by atoms with van der Waals surface area (Å²) in [5.41, 5.74) is 0.801.